The molecule has 2 saturated heterocycles. The Morgan fingerprint density at radius 2 is 2.00 bits per heavy atom. The molecule has 2 aliphatic heterocycles. The average molecular weight is 423 g/mol. The van der Waals surface area contributed by atoms with E-state index in [0.29, 0.717) is 18.9 Å². The van der Waals surface area contributed by atoms with Gasteiger partial charge in [0.25, 0.3) is 0 Å². The van der Waals surface area contributed by atoms with Crippen LogP contribution in [0.2, 0.25) is 0 Å². The van der Waals surface area contributed by atoms with E-state index in [1.54, 1.807) is 32.9 Å². The maximum absolute atomic E-state index is 15.0. The summed E-state index contributed by atoms with van der Waals surface area (Å²) in [7, 11) is 1.28. The molecule has 9 heteroatoms. The van der Waals surface area contributed by atoms with Gasteiger partial charge in [-0.15, -0.1) is 0 Å². The van der Waals surface area contributed by atoms with Gasteiger partial charge in [0.05, 0.1) is 13.0 Å². The molecule has 1 N–H and O–H groups in total. The highest BCUT2D eigenvalue weighted by atomic mass is 19.1. The Balaban J connectivity index is 1.81. The highest BCUT2D eigenvalue weighted by molar-refractivity contribution is 5.77. The number of aromatic nitrogens is 1. The third-order valence-electron chi connectivity index (χ3n) is 5.61. The maximum Gasteiger partial charge on any atom is 0.410 e. The van der Waals surface area contributed by atoms with Crippen LogP contribution in [0.4, 0.5) is 15.0 Å². The zero-order valence-electron chi connectivity index (χ0n) is 17.9. The van der Waals surface area contributed by atoms with E-state index in [1.165, 1.54) is 12.0 Å². The van der Waals surface area contributed by atoms with E-state index in [0.717, 1.165) is 6.42 Å². The van der Waals surface area contributed by atoms with Crippen molar-refractivity contribution in [2.75, 3.05) is 44.8 Å². The first-order valence-corrected chi connectivity index (χ1v) is 10.2. The maximum atomic E-state index is 15.0. The third kappa shape index (κ3) is 4.83. The summed E-state index contributed by atoms with van der Waals surface area (Å²) in [5, 5.41) is 9.31. The smallest absolute Gasteiger partial charge is 0.410 e. The number of hydrogen-bond donors (Lipinski definition) is 1. The molecule has 3 heterocycles. The Morgan fingerprint density at radius 1 is 1.27 bits per heavy atom. The summed E-state index contributed by atoms with van der Waals surface area (Å²) in [6.07, 6.45) is 0.287. The van der Waals surface area contributed by atoms with Gasteiger partial charge >= 0.3 is 12.1 Å². The summed E-state index contributed by atoms with van der Waals surface area (Å²) >= 11 is 0. The summed E-state index contributed by atoms with van der Waals surface area (Å²) in [5.74, 6) is -1.77. The first-order valence-electron chi connectivity index (χ1n) is 10.2. The van der Waals surface area contributed by atoms with Crippen LogP contribution < -0.4 is 4.90 Å². The van der Waals surface area contributed by atoms with Gasteiger partial charge in [-0.3, -0.25) is 4.79 Å². The van der Waals surface area contributed by atoms with Crippen molar-refractivity contribution in [3.63, 3.8) is 0 Å². The van der Waals surface area contributed by atoms with Crippen LogP contribution in [0, 0.1) is 17.8 Å². The molecule has 0 unspecified atom stereocenters. The number of nitrogens with zero attached hydrogens (tertiary/aromatic N) is 3. The van der Waals surface area contributed by atoms with Crippen LogP contribution in [0.15, 0.2) is 12.1 Å². The van der Waals surface area contributed by atoms with Gasteiger partial charge in [0, 0.05) is 50.2 Å². The molecule has 2 fully saturated rings. The number of methoxy groups -OCH3 is 1. The van der Waals surface area contributed by atoms with Crippen LogP contribution >= 0.6 is 0 Å². The first kappa shape index (κ1) is 22.3. The lowest BCUT2D eigenvalue weighted by atomic mass is 9.89. The van der Waals surface area contributed by atoms with Crippen molar-refractivity contribution in [3.8, 4) is 0 Å². The number of pyridine rings is 1. The van der Waals surface area contributed by atoms with Gasteiger partial charge < -0.3 is 24.4 Å². The molecule has 8 nitrogen and oxygen atoms in total. The number of rotatable bonds is 4. The monoisotopic (exact) mass is 423 g/mol. The number of carbonyl (C=O) groups excluding carboxylic acids is 2. The van der Waals surface area contributed by atoms with Crippen molar-refractivity contribution >= 4 is 17.9 Å². The van der Waals surface area contributed by atoms with Crippen molar-refractivity contribution in [2.45, 2.75) is 38.7 Å². The number of halogens is 1. The topological polar surface area (TPSA) is 92.2 Å². The lowest BCUT2D eigenvalue weighted by Gasteiger charge is -2.24. The molecule has 1 aromatic rings. The molecule has 2 aliphatic rings. The molecule has 0 saturated carbocycles. The number of carbonyl (C=O) groups is 2. The standard InChI is InChI=1S/C21H30FN3O5/c1-21(2,3)30-20(28)25-10-15(16(11-25)19(27)29-4)14-5-6-17(23-18(14)22)24-8-7-13(9-24)12-26/h5-6,13,15-16,26H,7-12H2,1-4H3/t13-,15-,16+/m0/s1. The van der Waals surface area contributed by atoms with E-state index in [9.17, 15) is 14.7 Å². The van der Waals surface area contributed by atoms with Gasteiger partial charge in [0.15, 0.2) is 0 Å². The first-order chi connectivity index (χ1) is 14.1. The Hall–Kier alpha value is -2.42. The second-order valence-electron chi connectivity index (χ2n) is 8.95. The van der Waals surface area contributed by atoms with Crippen molar-refractivity contribution in [2.24, 2.45) is 11.8 Å². The predicted octanol–water partition coefficient (Wildman–Crippen LogP) is 2.16. The minimum Gasteiger partial charge on any atom is -0.469 e. The highest BCUT2D eigenvalue weighted by Gasteiger charge is 2.43. The van der Waals surface area contributed by atoms with Crippen LogP contribution in [0.1, 0.15) is 38.7 Å². The van der Waals surface area contributed by atoms with E-state index in [4.69, 9.17) is 9.47 Å². The van der Waals surface area contributed by atoms with Crippen LogP contribution in [0.3, 0.4) is 0 Å². The molecule has 0 spiro atoms. The quantitative estimate of drug-likeness (QED) is 0.586. The molecule has 1 aromatic heterocycles. The van der Waals surface area contributed by atoms with Gasteiger partial charge in [-0.25, -0.2) is 9.78 Å². The van der Waals surface area contributed by atoms with Gasteiger partial charge in [0.1, 0.15) is 11.4 Å². The van der Waals surface area contributed by atoms with Gasteiger partial charge in [-0.05, 0) is 33.3 Å². The normalized spacial score (nSPS) is 24.3. The van der Waals surface area contributed by atoms with E-state index in [2.05, 4.69) is 4.98 Å². The second kappa shape index (κ2) is 8.75. The summed E-state index contributed by atoms with van der Waals surface area (Å²) in [6, 6.07) is 3.35. The zero-order valence-corrected chi connectivity index (χ0v) is 17.9. The largest absolute Gasteiger partial charge is 0.469 e. The number of aliphatic hydroxyl groups is 1. The lowest BCUT2D eigenvalue weighted by Crippen LogP contribution is -2.36. The molecule has 0 bridgehead atoms. The fraction of sp³-hybridized carbons (Fsp3) is 0.667. The number of amides is 1. The van der Waals surface area contributed by atoms with Gasteiger partial charge in [-0.1, -0.05) is 6.07 Å². The molecule has 3 atom stereocenters. The van der Waals surface area contributed by atoms with Crippen molar-refractivity contribution in [3.05, 3.63) is 23.6 Å². The molecule has 30 heavy (non-hydrogen) atoms. The summed E-state index contributed by atoms with van der Waals surface area (Å²) in [6.45, 7) is 6.95. The van der Waals surface area contributed by atoms with Gasteiger partial charge in [-0.2, -0.15) is 4.39 Å². The summed E-state index contributed by atoms with van der Waals surface area (Å²) in [5.41, 5.74) is -0.398. The second-order valence-corrected chi connectivity index (χ2v) is 8.95. The molecular formula is C21H30FN3O5. The van der Waals surface area contributed by atoms with Crippen LogP contribution in [0.25, 0.3) is 0 Å². The Morgan fingerprint density at radius 3 is 2.57 bits per heavy atom. The minimum absolute atomic E-state index is 0.0950. The highest BCUT2D eigenvalue weighted by Crippen LogP contribution is 2.36. The number of anilines is 1. The Bertz CT molecular complexity index is 797. The molecule has 0 aromatic carbocycles. The predicted molar refractivity (Wildman–Crippen MR) is 108 cm³/mol. The van der Waals surface area contributed by atoms with E-state index < -0.39 is 35.4 Å². The number of esters is 1. The van der Waals surface area contributed by atoms with Crippen molar-refractivity contribution in [1.29, 1.82) is 0 Å². The number of aliphatic hydroxyl groups excluding tert-OH is 1. The van der Waals surface area contributed by atoms with Crippen LogP contribution in [0.5, 0.6) is 0 Å². The van der Waals surface area contributed by atoms with Crippen molar-refractivity contribution in [1.82, 2.24) is 9.88 Å². The minimum atomic E-state index is -0.699. The van der Waals surface area contributed by atoms with Crippen LogP contribution in [-0.2, 0) is 14.3 Å². The van der Waals surface area contributed by atoms with E-state index >= 15 is 4.39 Å². The number of ether oxygens (including phenoxy) is 2. The SMILES string of the molecule is COC(=O)[C@@H]1CN(C(=O)OC(C)(C)C)C[C@H]1c1ccc(N2CC[C@H](CO)C2)nc1F. The number of hydrogen-bond acceptors (Lipinski definition) is 7. The molecule has 3 rings (SSSR count). The fourth-order valence-corrected chi connectivity index (χ4v) is 4.06. The molecular weight excluding hydrogens is 393 g/mol. The fourth-order valence-electron chi connectivity index (χ4n) is 4.06. The van der Waals surface area contributed by atoms with Crippen molar-refractivity contribution < 1.29 is 28.6 Å². The third-order valence-corrected chi connectivity index (χ3v) is 5.61. The number of likely N-dealkylation sites (tertiary alicyclic amines) is 1. The molecule has 0 radical (unpaired) electrons. The zero-order chi connectivity index (χ0) is 22.1. The van der Waals surface area contributed by atoms with E-state index in [1.807, 2.05) is 4.90 Å². The Labute approximate surface area is 176 Å². The van der Waals surface area contributed by atoms with Crippen LogP contribution in [-0.4, -0.2) is 72.5 Å². The Kier molecular flexibility index (Phi) is 6.50. The molecule has 0 aliphatic carbocycles. The summed E-state index contributed by atoms with van der Waals surface area (Å²) in [4.78, 5) is 32.3. The van der Waals surface area contributed by atoms with Gasteiger partial charge in [0.2, 0.25) is 5.95 Å². The van der Waals surface area contributed by atoms with E-state index in [-0.39, 0.29) is 31.2 Å². The summed E-state index contributed by atoms with van der Waals surface area (Å²) < 4.78 is 25.3. The average Bonchev–Trinajstić information content (AvgIpc) is 3.33. The molecule has 166 valence electrons. The lowest BCUT2D eigenvalue weighted by molar-refractivity contribution is -0.145. The molecule has 1 amide bonds.